The Morgan fingerprint density at radius 2 is 1.84 bits per heavy atom. The minimum atomic E-state index is -3.40. The standard InChI is InChI=1S/C29H33N3O5S/c1-20-3-6-24(7-4-20)38(35,36)16-15-32-14-11-30-29(32)21-9-12-31(13-10-21)28(34)18-22-17-27(33)25-8-5-23(37-2)19-26(22)25/h3-8,11,14,19,21-22H,9-10,12-13,15-18H2,1-2H3. The summed E-state index contributed by atoms with van der Waals surface area (Å²) >= 11 is 0. The van der Waals surface area contributed by atoms with E-state index in [1.165, 1.54) is 0 Å². The monoisotopic (exact) mass is 535 g/mol. The third-order valence-electron chi connectivity index (χ3n) is 7.79. The quantitative estimate of drug-likeness (QED) is 0.430. The lowest BCUT2D eigenvalue weighted by Crippen LogP contribution is -2.39. The summed E-state index contributed by atoms with van der Waals surface area (Å²) in [6, 6.07) is 12.4. The van der Waals surface area contributed by atoms with Crippen molar-refractivity contribution < 1.29 is 22.7 Å². The van der Waals surface area contributed by atoms with Gasteiger partial charge in [0.25, 0.3) is 0 Å². The molecule has 8 nitrogen and oxygen atoms in total. The van der Waals surface area contributed by atoms with Crippen LogP contribution in [0.4, 0.5) is 0 Å². The van der Waals surface area contributed by atoms with Gasteiger partial charge in [0.1, 0.15) is 11.6 Å². The zero-order valence-electron chi connectivity index (χ0n) is 21.8. The van der Waals surface area contributed by atoms with Gasteiger partial charge in [0.05, 0.1) is 17.8 Å². The summed E-state index contributed by atoms with van der Waals surface area (Å²) in [5.74, 6) is 1.75. The van der Waals surface area contributed by atoms with Crippen LogP contribution in [0, 0.1) is 6.92 Å². The average molecular weight is 536 g/mol. The number of aromatic nitrogens is 2. The number of carbonyl (C=O) groups excluding carboxylic acids is 2. The van der Waals surface area contributed by atoms with E-state index in [4.69, 9.17) is 4.74 Å². The normalized spacial score (nSPS) is 18.0. The van der Waals surface area contributed by atoms with Crippen molar-refractivity contribution in [2.45, 2.75) is 55.9 Å². The van der Waals surface area contributed by atoms with Crippen molar-refractivity contribution >= 4 is 21.5 Å². The summed E-state index contributed by atoms with van der Waals surface area (Å²) in [6.07, 6.45) is 5.74. The van der Waals surface area contributed by atoms with Crippen LogP contribution >= 0.6 is 0 Å². The fourth-order valence-electron chi connectivity index (χ4n) is 5.56. The lowest BCUT2D eigenvalue weighted by atomic mass is 9.93. The van der Waals surface area contributed by atoms with Crippen LogP contribution in [0.5, 0.6) is 5.75 Å². The molecule has 2 aliphatic rings. The molecule has 1 unspecified atom stereocenters. The Morgan fingerprint density at radius 3 is 2.55 bits per heavy atom. The number of fused-ring (bicyclic) bond motifs is 1. The molecule has 2 aromatic carbocycles. The number of benzene rings is 2. The topological polar surface area (TPSA) is 98.6 Å². The van der Waals surface area contributed by atoms with Gasteiger partial charge in [-0.15, -0.1) is 0 Å². The van der Waals surface area contributed by atoms with Crippen LogP contribution < -0.4 is 4.74 Å². The highest BCUT2D eigenvalue weighted by Gasteiger charge is 2.34. The number of aryl methyl sites for hydroxylation is 2. The summed E-state index contributed by atoms with van der Waals surface area (Å²) in [7, 11) is -1.80. The van der Waals surface area contributed by atoms with E-state index in [1.807, 2.05) is 40.8 Å². The predicted octanol–water partition coefficient (Wildman–Crippen LogP) is 4.14. The second-order valence-electron chi connectivity index (χ2n) is 10.2. The Bertz CT molecular complexity index is 1440. The Labute approximate surface area is 223 Å². The van der Waals surface area contributed by atoms with Crippen LogP contribution in [-0.4, -0.2) is 60.5 Å². The molecule has 5 rings (SSSR count). The first kappa shape index (κ1) is 26.2. The number of ether oxygens (including phenoxy) is 1. The highest BCUT2D eigenvalue weighted by Crippen LogP contribution is 2.38. The second-order valence-corrected chi connectivity index (χ2v) is 12.4. The Morgan fingerprint density at radius 1 is 1.11 bits per heavy atom. The number of carbonyl (C=O) groups is 2. The van der Waals surface area contributed by atoms with E-state index in [0.29, 0.717) is 48.7 Å². The summed E-state index contributed by atoms with van der Waals surface area (Å²) < 4.78 is 32.9. The number of hydrogen-bond acceptors (Lipinski definition) is 6. The van der Waals surface area contributed by atoms with Gasteiger partial charge in [-0.25, -0.2) is 13.4 Å². The van der Waals surface area contributed by atoms with Gasteiger partial charge in [0, 0.05) is 62.3 Å². The van der Waals surface area contributed by atoms with Gasteiger partial charge in [-0.2, -0.15) is 0 Å². The molecule has 0 radical (unpaired) electrons. The summed E-state index contributed by atoms with van der Waals surface area (Å²) in [5, 5.41) is 0. The van der Waals surface area contributed by atoms with Crippen molar-refractivity contribution in [3.05, 3.63) is 77.4 Å². The van der Waals surface area contributed by atoms with Crippen LogP contribution in [-0.2, 0) is 21.2 Å². The molecule has 0 saturated carbocycles. The van der Waals surface area contributed by atoms with Crippen molar-refractivity contribution in [3.63, 3.8) is 0 Å². The molecule has 1 saturated heterocycles. The SMILES string of the molecule is COc1ccc2c(c1)C(CC(=O)N1CCC(c3nccn3CCS(=O)(=O)c3ccc(C)cc3)CC1)CC2=O. The Hall–Kier alpha value is -3.46. The number of nitrogens with zero attached hydrogens (tertiary/aromatic N) is 3. The molecule has 1 fully saturated rings. The van der Waals surface area contributed by atoms with Crippen molar-refractivity contribution in [1.29, 1.82) is 0 Å². The van der Waals surface area contributed by atoms with Gasteiger partial charge in [0.15, 0.2) is 15.6 Å². The van der Waals surface area contributed by atoms with Crippen LogP contribution in [0.1, 0.15) is 64.8 Å². The van der Waals surface area contributed by atoms with E-state index < -0.39 is 9.84 Å². The van der Waals surface area contributed by atoms with Gasteiger partial charge in [-0.05, 0) is 55.7 Å². The number of rotatable bonds is 8. The number of methoxy groups -OCH3 is 1. The number of piperidine rings is 1. The van der Waals surface area contributed by atoms with E-state index in [-0.39, 0.29) is 29.3 Å². The molecule has 1 atom stereocenters. The number of likely N-dealkylation sites (tertiary alicyclic amines) is 1. The minimum Gasteiger partial charge on any atom is -0.497 e. The maximum Gasteiger partial charge on any atom is 0.223 e. The number of hydrogen-bond donors (Lipinski definition) is 0. The lowest BCUT2D eigenvalue weighted by Gasteiger charge is -2.32. The summed E-state index contributed by atoms with van der Waals surface area (Å²) in [4.78, 5) is 32.3. The van der Waals surface area contributed by atoms with E-state index in [2.05, 4.69) is 4.98 Å². The second kappa shape index (κ2) is 10.7. The molecular weight excluding hydrogens is 502 g/mol. The minimum absolute atomic E-state index is 0.00310. The third kappa shape index (κ3) is 5.38. The molecule has 2 heterocycles. The first-order valence-electron chi connectivity index (χ1n) is 13.0. The average Bonchev–Trinajstić information content (AvgIpc) is 3.52. The largest absolute Gasteiger partial charge is 0.497 e. The summed E-state index contributed by atoms with van der Waals surface area (Å²) in [6.45, 7) is 3.50. The fourth-order valence-corrected chi connectivity index (χ4v) is 6.79. The van der Waals surface area contributed by atoms with Gasteiger partial charge < -0.3 is 14.2 Å². The van der Waals surface area contributed by atoms with Crippen molar-refractivity contribution in [2.75, 3.05) is 26.0 Å². The van der Waals surface area contributed by atoms with Gasteiger partial charge >= 0.3 is 0 Å². The van der Waals surface area contributed by atoms with Crippen molar-refractivity contribution in [1.82, 2.24) is 14.5 Å². The number of imidazole rings is 1. The molecule has 1 amide bonds. The lowest BCUT2D eigenvalue weighted by molar-refractivity contribution is -0.132. The molecule has 9 heteroatoms. The number of amides is 1. The third-order valence-corrected chi connectivity index (χ3v) is 9.50. The van der Waals surface area contributed by atoms with E-state index in [9.17, 15) is 18.0 Å². The van der Waals surface area contributed by atoms with Gasteiger partial charge in [-0.3, -0.25) is 9.59 Å². The highest BCUT2D eigenvalue weighted by atomic mass is 32.2. The van der Waals surface area contributed by atoms with Crippen molar-refractivity contribution in [2.24, 2.45) is 0 Å². The van der Waals surface area contributed by atoms with Gasteiger partial charge in [0.2, 0.25) is 5.91 Å². The molecule has 1 aliphatic carbocycles. The number of sulfone groups is 1. The first-order valence-corrected chi connectivity index (χ1v) is 14.7. The van der Waals surface area contributed by atoms with Crippen LogP contribution in [0.3, 0.4) is 0 Å². The zero-order chi connectivity index (χ0) is 26.9. The maximum absolute atomic E-state index is 13.1. The molecular formula is C29H33N3O5S. The molecule has 1 aromatic heterocycles. The summed E-state index contributed by atoms with van der Waals surface area (Å²) in [5.41, 5.74) is 2.62. The molecule has 0 N–H and O–H groups in total. The smallest absolute Gasteiger partial charge is 0.223 e. The Kier molecular flexibility index (Phi) is 7.38. The molecule has 0 bridgehead atoms. The molecule has 0 spiro atoms. The van der Waals surface area contributed by atoms with E-state index in [1.54, 1.807) is 37.6 Å². The van der Waals surface area contributed by atoms with Crippen LogP contribution in [0.15, 0.2) is 59.8 Å². The maximum atomic E-state index is 13.1. The van der Waals surface area contributed by atoms with E-state index >= 15 is 0 Å². The van der Waals surface area contributed by atoms with Crippen LogP contribution in [0.25, 0.3) is 0 Å². The molecule has 38 heavy (non-hydrogen) atoms. The Balaban J connectivity index is 1.17. The van der Waals surface area contributed by atoms with Gasteiger partial charge in [-0.1, -0.05) is 17.7 Å². The predicted molar refractivity (Wildman–Crippen MR) is 143 cm³/mol. The number of Topliss-reactive ketones (excluding diaryl/α,β-unsaturated/α-hetero) is 1. The fraction of sp³-hybridized carbons (Fsp3) is 0.414. The highest BCUT2D eigenvalue weighted by molar-refractivity contribution is 7.91. The zero-order valence-corrected chi connectivity index (χ0v) is 22.6. The molecule has 200 valence electrons. The number of ketones is 1. The molecule has 1 aliphatic heterocycles. The first-order chi connectivity index (χ1) is 18.2. The van der Waals surface area contributed by atoms with Crippen molar-refractivity contribution in [3.8, 4) is 5.75 Å². The van der Waals surface area contributed by atoms with Crippen LogP contribution in [0.2, 0.25) is 0 Å². The molecule has 3 aromatic rings. The van der Waals surface area contributed by atoms with E-state index in [0.717, 1.165) is 29.8 Å².